The maximum atomic E-state index is 13.5. The molecule has 1 fully saturated rings. The van der Waals surface area contributed by atoms with Crippen molar-refractivity contribution >= 4 is 17.8 Å². The summed E-state index contributed by atoms with van der Waals surface area (Å²) in [4.78, 5) is 51.4. The molecule has 0 N–H and O–H groups in total. The summed E-state index contributed by atoms with van der Waals surface area (Å²) in [6.45, 7) is 10.7. The van der Waals surface area contributed by atoms with E-state index in [1.807, 2.05) is 45.0 Å². The maximum Gasteiger partial charge on any atom is 0.342 e. The van der Waals surface area contributed by atoms with Gasteiger partial charge in [-0.25, -0.2) is 14.8 Å². The van der Waals surface area contributed by atoms with E-state index in [4.69, 9.17) is 4.74 Å². The average molecular weight is 481 g/mol. The number of methoxy groups -OCH3 is 1. The van der Waals surface area contributed by atoms with E-state index in [2.05, 4.69) is 16.9 Å². The van der Waals surface area contributed by atoms with Gasteiger partial charge in [0.1, 0.15) is 17.1 Å². The van der Waals surface area contributed by atoms with Crippen LogP contribution in [0.4, 0.5) is 0 Å². The van der Waals surface area contributed by atoms with E-state index in [1.165, 1.54) is 12.7 Å². The molecule has 1 saturated heterocycles. The average Bonchev–Trinajstić information content (AvgIpc) is 2.85. The molecule has 0 aliphatic carbocycles. The van der Waals surface area contributed by atoms with Crippen LogP contribution in [0.3, 0.4) is 0 Å². The highest BCUT2D eigenvalue weighted by Crippen LogP contribution is 2.24. The van der Waals surface area contributed by atoms with Crippen molar-refractivity contribution in [1.29, 1.82) is 0 Å². The van der Waals surface area contributed by atoms with Crippen LogP contribution in [-0.4, -0.2) is 70.3 Å². The fourth-order valence-corrected chi connectivity index (χ4v) is 4.42. The molecule has 1 aromatic heterocycles. The predicted octanol–water partition coefficient (Wildman–Crippen LogP) is 4.02. The summed E-state index contributed by atoms with van der Waals surface area (Å²) in [5.74, 6) is -0.673. The molecule has 35 heavy (non-hydrogen) atoms. The molecule has 1 atom stereocenters. The van der Waals surface area contributed by atoms with Crippen LogP contribution in [-0.2, 0) is 11.2 Å². The van der Waals surface area contributed by atoms with Crippen LogP contribution in [0.5, 0.6) is 0 Å². The molecule has 1 aliphatic rings. The van der Waals surface area contributed by atoms with Crippen molar-refractivity contribution in [1.82, 2.24) is 19.8 Å². The molecule has 2 heterocycles. The summed E-state index contributed by atoms with van der Waals surface area (Å²) in [6.07, 6.45) is 3.27. The quantitative estimate of drug-likeness (QED) is 0.556. The van der Waals surface area contributed by atoms with Gasteiger partial charge in [0.15, 0.2) is 0 Å². The molecule has 8 nitrogen and oxygen atoms in total. The summed E-state index contributed by atoms with van der Waals surface area (Å²) < 4.78 is 4.95. The number of rotatable bonds is 7. The monoisotopic (exact) mass is 480 g/mol. The lowest BCUT2D eigenvalue weighted by Gasteiger charge is -2.40. The van der Waals surface area contributed by atoms with Crippen LogP contribution in [0.1, 0.15) is 94.7 Å². The Balaban J connectivity index is 1.78. The minimum atomic E-state index is -0.624. The zero-order valence-electron chi connectivity index (χ0n) is 21.6. The Morgan fingerprint density at radius 3 is 2.34 bits per heavy atom. The first-order chi connectivity index (χ1) is 16.7. The molecule has 0 saturated carbocycles. The largest absolute Gasteiger partial charge is 0.465 e. The predicted molar refractivity (Wildman–Crippen MR) is 134 cm³/mol. The number of hydrogen-bond donors (Lipinski definition) is 0. The number of nitrogens with zero attached hydrogens (tertiary/aromatic N) is 4. The van der Waals surface area contributed by atoms with Gasteiger partial charge in [-0.2, -0.15) is 0 Å². The molecule has 1 aromatic carbocycles. The number of aryl methyl sites for hydroxylation is 2. The molecule has 0 bridgehead atoms. The molecule has 8 heteroatoms. The molecule has 1 unspecified atom stereocenters. The van der Waals surface area contributed by atoms with Crippen molar-refractivity contribution in [2.45, 2.75) is 65.8 Å². The zero-order chi connectivity index (χ0) is 25.7. The van der Waals surface area contributed by atoms with E-state index in [-0.39, 0.29) is 35.0 Å². The second-order valence-corrected chi connectivity index (χ2v) is 9.43. The van der Waals surface area contributed by atoms with Crippen molar-refractivity contribution in [2.24, 2.45) is 0 Å². The van der Waals surface area contributed by atoms with E-state index in [1.54, 1.807) is 16.7 Å². The second-order valence-electron chi connectivity index (χ2n) is 9.43. The van der Waals surface area contributed by atoms with E-state index in [9.17, 15) is 14.4 Å². The smallest absolute Gasteiger partial charge is 0.342 e. The van der Waals surface area contributed by atoms with Gasteiger partial charge in [0, 0.05) is 31.2 Å². The van der Waals surface area contributed by atoms with Crippen molar-refractivity contribution < 1.29 is 19.1 Å². The standard InChI is InChI=1S/C27H36N4O4/c1-7-8-9-20-10-12-21(13-11-20)25(32)31-15-14-30(16-18(31)4)26(33)24-22(27(34)35-6)23(17(2)3)28-19(5)29-24/h10-13,17-18H,7-9,14-16H2,1-6H3. The van der Waals surface area contributed by atoms with Gasteiger partial charge in [-0.05, 0) is 50.3 Å². The molecule has 2 amide bonds. The molecule has 0 spiro atoms. The highest BCUT2D eigenvalue weighted by Gasteiger charge is 2.34. The summed E-state index contributed by atoms with van der Waals surface area (Å²) in [5.41, 5.74) is 2.55. The van der Waals surface area contributed by atoms with Crippen LogP contribution in [0.15, 0.2) is 24.3 Å². The fourth-order valence-electron chi connectivity index (χ4n) is 4.42. The van der Waals surface area contributed by atoms with Gasteiger partial charge in [0.25, 0.3) is 11.8 Å². The van der Waals surface area contributed by atoms with Gasteiger partial charge in [-0.3, -0.25) is 9.59 Å². The lowest BCUT2D eigenvalue weighted by Crippen LogP contribution is -2.55. The third kappa shape index (κ3) is 5.86. The number of piperazine rings is 1. The summed E-state index contributed by atoms with van der Waals surface area (Å²) in [6, 6.07) is 7.62. The minimum Gasteiger partial charge on any atom is -0.465 e. The van der Waals surface area contributed by atoms with Crippen LogP contribution in [0, 0.1) is 6.92 Å². The van der Waals surface area contributed by atoms with Crippen molar-refractivity contribution in [2.75, 3.05) is 26.7 Å². The third-order valence-corrected chi connectivity index (χ3v) is 6.38. The summed E-state index contributed by atoms with van der Waals surface area (Å²) >= 11 is 0. The lowest BCUT2D eigenvalue weighted by atomic mass is 10.0. The van der Waals surface area contributed by atoms with Crippen LogP contribution in [0.2, 0.25) is 0 Å². The molecule has 3 rings (SSSR count). The molecule has 1 aliphatic heterocycles. The SMILES string of the molecule is CCCCc1ccc(C(=O)N2CCN(C(=O)c3nc(C)nc(C(C)C)c3C(=O)OC)CC2C)cc1. The first kappa shape index (κ1) is 26.3. The number of aromatic nitrogens is 2. The normalized spacial score (nSPS) is 15.9. The highest BCUT2D eigenvalue weighted by atomic mass is 16.5. The maximum absolute atomic E-state index is 13.5. The number of unbranched alkanes of at least 4 members (excludes halogenated alkanes) is 1. The first-order valence-electron chi connectivity index (χ1n) is 12.3. The third-order valence-electron chi connectivity index (χ3n) is 6.38. The van der Waals surface area contributed by atoms with Gasteiger partial charge in [0.05, 0.1) is 12.8 Å². The molecule has 2 aromatic rings. The van der Waals surface area contributed by atoms with Crippen molar-refractivity contribution in [3.63, 3.8) is 0 Å². The minimum absolute atomic E-state index is 0.0399. The second kappa shape index (κ2) is 11.4. The topological polar surface area (TPSA) is 92.7 Å². The Morgan fingerprint density at radius 1 is 1.09 bits per heavy atom. The summed E-state index contributed by atoms with van der Waals surface area (Å²) in [7, 11) is 1.28. The van der Waals surface area contributed by atoms with E-state index >= 15 is 0 Å². The Labute approximate surface area is 207 Å². The number of amides is 2. The van der Waals surface area contributed by atoms with Crippen LogP contribution < -0.4 is 0 Å². The molecular formula is C27H36N4O4. The number of benzene rings is 1. The van der Waals surface area contributed by atoms with Crippen LogP contribution >= 0.6 is 0 Å². The Hall–Kier alpha value is -3.29. The number of hydrogen-bond acceptors (Lipinski definition) is 6. The Morgan fingerprint density at radius 2 is 1.77 bits per heavy atom. The number of esters is 1. The zero-order valence-corrected chi connectivity index (χ0v) is 21.6. The van der Waals surface area contributed by atoms with Crippen LogP contribution in [0.25, 0.3) is 0 Å². The Bertz CT molecular complexity index is 1080. The number of carbonyl (C=O) groups is 3. The number of carbonyl (C=O) groups excluding carboxylic acids is 3. The van der Waals surface area contributed by atoms with Crippen molar-refractivity contribution in [3.05, 3.63) is 58.2 Å². The first-order valence-corrected chi connectivity index (χ1v) is 12.3. The fraction of sp³-hybridized carbons (Fsp3) is 0.519. The van der Waals surface area contributed by atoms with Crippen molar-refractivity contribution in [3.8, 4) is 0 Å². The van der Waals surface area contributed by atoms with Gasteiger partial charge >= 0.3 is 5.97 Å². The lowest BCUT2D eigenvalue weighted by molar-refractivity contribution is 0.0408. The molecule has 188 valence electrons. The highest BCUT2D eigenvalue weighted by molar-refractivity contribution is 6.05. The van der Waals surface area contributed by atoms with E-state index in [0.717, 1.165) is 19.3 Å². The van der Waals surface area contributed by atoms with E-state index < -0.39 is 5.97 Å². The van der Waals surface area contributed by atoms with Gasteiger partial charge in [-0.1, -0.05) is 39.3 Å². The van der Waals surface area contributed by atoms with E-state index in [0.29, 0.717) is 36.7 Å². The Kier molecular flexibility index (Phi) is 8.59. The number of ether oxygens (including phenoxy) is 1. The van der Waals surface area contributed by atoms with Gasteiger partial charge in [0.2, 0.25) is 0 Å². The summed E-state index contributed by atoms with van der Waals surface area (Å²) in [5, 5.41) is 0. The van der Waals surface area contributed by atoms with Gasteiger partial charge in [-0.15, -0.1) is 0 Å². The van der Waals surface area contributed by atoms with Gasteiger partial charge < -0.3 is 14.5 Å². The molecule has 0 radical (unpaired) electrons. The molecular weight excluding hydrogens is 444 g/mol.